The fourth-order valence-corrected chi connectivity index (χ4v) is 1.96. The molecular weight excluding hydrogens is 322 g/mol. The van der Waals surface area contributed by atoms with Gasteiger partial charge in [0.25, 0.3) is 0 Å². The average molecular weight is 332 g/mol. The molecule has 1 aromatic heterocycles. The minimum atomic E-state index is -0.225. The smallest absolute Gasteiger partial charge is 0.124 e. The summed E-state index contributed by atoms with van der Waals surface area (Å²) in [7, 11) is 1.83. The molecule has 1 heterocycles. The molecule has 0 saturated heterocycles. The van der Waals surface area contributed by atoms with Gasteiger partial charge >= 0.3 is 0 Å². The summed E-state index contributed by atoms with van der Waals surface area (Å²) in [5.41, 5.74) is 1.88. The van der Waals surface area contributed by atoms with Crippen LogP contribution >= 0.6 is 22.6 Å². The third kappa shape index (κ3) is 2.49. The molecule has 0 radical (unpaired) electrons. The summed E-state index contributed by atoms with van der Waals surface area (Å²) < 4.78 is 15.4. The van der Waals surface area contributed by atoms with Crippen LogP contribution in [0.1, 0.15) is 5.69 Å². The van der Waals surface area contributed by atoms with E-state index < -0.39 is 0 Å². The second-order valence-corrected chi connectivity index (χ2v) is 4.49. The van der Waals surface area contributed by atoms with Gasteiger partial charge in [0.05, 0.1) is 18.4 Å². The van der Waals surface area contributed by atoms with Crippen molar-refractivity contribution in [2.45, 2.75) is 6.54 Å². The van der Waals surface area contributed by atoms with E-state index in [-0.39, 0.29) is 5.82 Å². The van der Waals surface area contributed by atoms with Crippen LogP contribution in [0, 0.1) is 9.39 Å². The van der Waals surface area contributed by atoms with Gasteiger partial charge in [0, 0.05) is 16.3 Å². The Balaban J connectivity index is 2.08. The van der Waals surface area contributed by atoms with Crippen LogP contribution in [0.2, 0.25) is 0 Å². The second-order valence-electron chi connectivity index (χ2n) is 3.33. The number of hydrogen-bond acceptors (Lipinski definition) is 3. The summed E-state index contributed by atoms with van der Waals surface area (Å²) in [6.07, 6.45) is 1.70. The lowest BCUT2D eigenvalue weighted by Crippen LogP contribution is -2.06. The number of halogens is 2. The number of benzene rings is 1. The van der Waals surface area contributed by atoms with E-state index in [0.717, 1.165) is 15.0 Å². The van der Waals surface area contributed by atoms with Gasteiger partial charge in [-0.05, 0) is 40.8 Å². The molecule has 0 aliphatic heterocycles. The van der Waals surface area contributed by atoms with E-state index in [1.54, 1.807) is 16.9 Å². The van der Waals surface area contributed by atoms with Crippen molar-refractivity contribution in [2.75, 3.05) is 5.32 Å². The third-order valence-corrected chi connectivity index (χ3v) is 3.09. The minimum absolute atomic E-state index is 0.225. The maximum absolute atomic E-state index is 12.9. The molecule has 2 aromatic rings. The normalized spacial score (nSPS) is 10.4. The molecule has 2 rings (SSSR count). The second kappa shape index (κ2) is 4.77. The predicted molar refractivity (Wildman–Crippen MR) is 67.4 cm³/mol. The molecule has 0 saturated carbocycles. The summed E-state index contributed by atoms with van der Waals surface area (Å²) in [6.45, 7) is 0.616. The van der Waals surface area contributed by atoms with E-state index in [1.165, 1.54) is 12.1 Å². The standard InChI is InChI=1S/C10H10FIN4/c1-16-8(6-14-15-16)5-13-10-3-2-7(11)4-9(10)12/h2-4,6,13H,5H2,1H3. The third-order valence-electron chi connectivity index (χ3n) is 2.20. The number of nitrogens with one attached hydrogen (secondary N) is 1. The highest BCUT2D eigenvalue weighted by Gasteiger charge is 2.03. The largest absolute Gasteiger partial charge is 0.378 e. The van der Waals surface area contributed by atoms with Crippen molar-refractivity contribution in [2.24, 2.45) is 7.05 Å². The molecule has 6 heteroatoms. The predicted octanol–water partition coefficient (Wildman–Crippen LogP) is 2.17. The van der Waals surface area contributed by atoms with Gasteiger partial charge in [0.1, 0.15) is 5.82 Å². The highest BCUT2D eigenvalue weighted by atomic mass is 127. The minimum Gasteiger partial charge on any atom is -0.378 e. The number of nitrogens with zero attached hydrogens (tertiary/aromatic N) is 3. The molecule has 16 heavy (non-hydrogen) atoms. The summed E-state index contributed by atoms with van der Waals surface area (Å²) >= 11 is 2.10. The van der Waals surface area contributed by atoms with Gasteiger partial charge < -0.3 is 5.32 Å². The summed E-state index contributed by atoms with van der Waals surface area (Å²) in [5, 5.41) is 10.8. The van der Waals surface area contributed by atoms with Gasteiger partial charge in [0.2, 0.25) is 0 Å². The van der Waals surface area contributed by atoms with Crippen molar-refractivity contribution >= 4 is 28.3 Å². The number of hydrogen-bond donors (Lipinski definition) is 1. The van der Waals surface area contributed by atoms with Gasteiger partial charge in [-0.1, -0.05) is 5.21 Å². The monoisotopic (exact) mass is 332 g/mol. The zero-order valence-electron chi connectivity index (χ0n) is 8.61. The fourth-order valence-electron chi connectivity index (χ4n) is 1.29. The van der Waals surface area contributed by atoms with E-state index in [4.69, 9.17) is 0 Å². The van der Waals surface area contributed by atoms with Crippen molar-refractivity contribution in [1.82, 2.24) is 15.0 Å². The number of aryl methyl sites for hydroxylation is 1. The van der Waals surface area contributed by atoms with Gasteiger partial charge in [-0.3, -0.25) is 4.68 Å². The Bertz CT molecular complexity index is 497. The quantitative estimate of drug-likeness (QED) is 0.876. The topological polar surface area (TPSA) is 42.7 Å². The first kappa shape index (κ1) is 11.3. The molecule has 1 N–H and O–H groups in total. The molecule has 4 nitrogen and oxygen atoms in total. The summed E-state index contributed by atoms with van der Waals surface area (Å²) in [4.78, 5) is 0. The molecule has 0 unspecified atom stereocenters. The van der Waals surface area contributed by atoms with Crippen LogP contribution in [0.15, 0.2) is 24.4 Å². The van der Waals surface area contributed by atoms with Gasteiger partial charge in [-0.25, -0.2) is 4.39 Å². The zero-order chi connectivity index (χ0) is 11.5. The SMILES string of the molecule is Cn1nncc1CNc1ccc(F)cc1I. The Labute approximate surface area is 106 Å². The van der Waals surface area contributed by atoms with Crippen molar-refractivity contribution in [3.05, 3.63) is 39.5 Å². The van der Waals surface area contributed by atoms with Crippen LogP contribution < -0.4 is 5.32 Å². The number of rotatable bonds is 3. The Hall–Kier alpha value is -1.18. The highest BCUT2D eigenvalue weighted by Crippen LogP contribution is 2.19. The summed E-state index contributed by atoms with van der Waals surface area (Å²) in [5.74, 6) is -0.225. The summed E-state index contributed by atoms with van der Waals surface area (Å²) in [6, 6.07) is 4.65. The first-order valence-corrected chi connectivity index (χ1v) is 5.77. The zero-order valence-corrected chi connectivity index (χ0v) is 10.8. The van der Waals surface area contributed by atoms with E-state index in [2.05, 4.69) is 38.2 Å². The molecule has 1 aromatic carbocycles. The van der Waals surface area contributed by atoms with Crippen LogP contribution in [-0.4, -0.2) is 15.0 Å². The van der Waals surface area contributed by atoms with Gasteiger partial charge in [0.15, 0.2) is 0 Å². The lowest BCUT2D eigenvalue weighted by molar-refractivity contribution is 0.627. The molecule has 0 amide bonds. The van der Waals surface area contributed by atoms with Crippen LogP contribution in [-0.2, 0) is 13.6 Å². The molecule has 0 bridgehead atoms. The highest BCUT2D eigenvalue weighted by molar-refractivity contribution is 14.1. The van der Waals surface area contributed by atoms with Gasteiger partial charge in [-0.2, -0.15) is 0 Å². The first-order valence-electron chi connectivity index (χ1n) is 4.69. The molecule has 0 fully saturated rings. The molecule has 0 aliphatic rings. The van der Waals surface area contributed by atoms with E-state index >= 15 is 0 Å². The molecular formula is C10H10FIN4. The molecule has 0 spiro atoms. The van der Waals surface area contributed by atoms with Crippen molar-refractivity contribution < 1.29 is 4.39 Å². The van der Waals surface area contributed by atoms with Gasteiger partial charge in [-0.15, -0.1) is 5.10 Å². The Kier molecular flexibility index (Phi) is 3.37. The lowest BCUT2D eigenvalue weighted by atomic mass is 10.3. The van der Waals surface area contributed by atoms with E-state index in [0.29, 0.717) is 6.54 Å². The fraction of sp³-hybridized carbons (Fsp3) is 0.200. The van der Waals surface area contributed by atoms with Crippen LogP contribution in [0.4, 0.5) is 10.1 Å². The van der Waals surface area contributed by atoms with E-state index in [9.17, 15) is 4.39 Å². The average Bonchev–Trinajstić information content (AvgIpc) is 2.63. The lowest BCUT2D eigenvalue weighted by Gasteiger charge is -2.08. The first-order chi connectivity index (χ1) is 7.66. The van der Waals surface area contributed by atoms with Crippen LogP contribution in [0.3, 0.4) is 0 Å². The Morgan fingerprint density at radius 3 is 2.94 bits per heavy atom. The Morgan fingerprint density at radius 1 is 1.50 bits per heavy atom. The maximum Gasteiger partial charge on any atom is 0.124 e. The van der Waals surface area contributed by atoms with Crippen molar-refractivity contribution in [1.29, 1.82) is 0 Å². The van der Waals surface area contributed by atoms with Crippen molar-refractivity contribution in [3.8, 4) is 0 Å². The molecule has 0 atom stereocenters. The molecule has 0 aliphatic carbocycles. The Morgan fingerprint density at radius 2 is 2.31 bits per heavy atom. The van der Waals surface area contributed by atoms with E-state index in [1.807, 2.05) is 7.05 Å². The molecule has 84 valence electrons. The maximum atomic E-state index is 12.9. The van der Waals surface area contributed by atoms with Crippen LogP contribution in [0.5, 0.6) is 0 Å². The number of aromatic nitrogens is 3. The number of anilines is 1. The van der Waals surface area contributed by atoms with Crippen molar-refractivity contribution in [3.63, 3.8) is 0 Å². The van der Waals surface area contributed by atoms with Crippen LogP contribution in [0.25, 0.3) is 0 Å².